The van der Waals surface area contributed by atoms with Crippen molar-refractivity contribution in [2.75, 3.05) is 38.5 Å². The molecule has 4 heteroatoms. The minimum Gasteiger partial charge on any atom is -0.376 e. The summed E-state index contributed by atoms with van der Waals surface area (Å²) in [5.74, 6) is 0.171. The molecule has 19 heavy (non-hydrogen) atoms. The van der Waals surface area contributed by atoms with Crippen molar-refractivity contribution in [1.82, 2.24) is 9.80 Å². The number of likely N-dealkylation sites (N-methyl/N-ethyl adjacent to an activating group) is 1. The molecule has 104 valence electrons. The lowest BCUT2D eigenvalue weighted by Crippen LogP contribution is -2.59. The van der Waals surface area contributed by atoms with E-state index in [9.17, 15) is 4.79 Å². The van der Waals surface area contributed by atoms with Crippen LogP contribution in [0.15, 0.2) is 30.3 Å². The van der Waals surface area contributed by atoms with Gasteiger partial charge in [0.05, 0.1) is 6.54 Å². The van der Waals surface area contributed by atoms with Crippen LogP contribution in [0, 0.1) is 0 Å². The highest BCUT2D eigenvalue weighted by molar-refractivity contribution is 5.81. The van der Waals surface area contributed by atoms with E-state index in [2.05, 4.69) is 31.1 Å². The summed E-state index contributed by atoms with van der Waals surface area (Å²) < 4.78 is 0. The van der Waals surface area contributed by atoms with Gasteiger partial charge < -0.3 is 10.2 Å². The van der Waals surface area contributed by atoms with Crippen molar-refractivity contribution in [3.63, 3.8) is 0 Å². The average molecular weight is 261 g/mol. The Morgan fingerprint density at radius 1 is 1.26 bits per heavy atom. The van der Waals surface area contributed by atoms with Gasteiger partial charge in [0.2, 0.25) is 5.91 Å². The number of amides is 1. The molecule has 1 aromatic carbocycles. The number of rotatable bonds is 3. The van der Waals surface area contributed by atoms with Gasteiger partial charge in [0.15, 0.2) is 0 Å². The fourth-order valence-electron chi connectivity index (χ4n) is 2.30. The van der Waals surface area contributed by atoms with Crippen molar-refractivity contribution >= 4 is 11.6 Å². The number of carbonyl (C=O) groups is 1. The third-order valence-electron chi connectivity index (χ3n) is 3.89. The van der Waals surface area contributed by atoms with Gasteiger partial charge in [0.1, 0.15) is 0 Å². The predicted octanol–water partition coefficient (Wildman–Crippen LogP) is 1.65. The molecule has 0 unspecified atom stereocenters. The Kier molecular flexibility index (Phi) is 4.10. The van der Waals surface area contributed by atoms with E-state index in [4.69, 9.17) is 0 Å². The molecule has 0 aliphatic carbocycles. The molecular weight excluding hydrogens is 238 g/mol. The Morgan fingerprint density at radius 3 is 2.58 bits per heavy atom. The summed E-state index contributed by atoms with van der Waals surface area (Å²) >= 11 is 0. The number of anilines is 1. The quantitative estimate of drug-likeness (QED) is 0.898. The van der Waals surface area contributed by atoms with E-state index in [0.29, 0.717) is 6.54 Å². The minimum atomic E-state index is 0.0562. The first-order chi connectivity index (χ1) is 8.99. The van der Waals surface area contributed by atoms with E-state index in [0.717, 1.165) is 25.3 Å². The lowest BCUT2D eigenvalue weighted by atomic mass is 10.00. The smallest absolute Gasteiger partial charge is 0.241 e. The highest BCUT2D eigenvalue weighted by Gasteiger charge is 2.32. The van der Waals surface area contributed by atoms with Crippen LogP contribution in [0.25, 0.3) is 0 Å². The largest absolute Gasteiger partial charge is 0.376 e. The molecule has 0 aromatic heterocycles. The molecule has 0 radical (unpaired) electrons. The van der Waals surface area contributed by atoms with Crippen LogP contribution in [0.3, 0.4) is 0 Å². The van der Waals surface area contributed by atoms with Crippen LogP contribution in [-0.2, 0) is 4.79 Å². The zero-order valence-corrected chi connectivity index (χ0v) is 12.0. The molecule has 4 nitrogen and oxygen atoms in total. The van der Waals surface area contributed by atoms with Crippen LogP contribution >= 0.6 is 0 Å². The summed E-state index contributed by atoms with van der Waals surface area (Å²) in [5, 5.41) is 3.18. The molecule has 1 aromatic rings. The van der Waals surface area contributed by atoms with Crippen LogP contribution in [-0.4, -0.2) is 54.5 Å². The van der Waals surface area contributed by atoms with Crippen molar-refractivity contribution in [1.29, 1.82) is 0 Å². The van der Waals surface area contributed by atoms with Gasteiger partial charge in [-0.1, -0.05) is 18.2 Å². The van der Waals surface area contributed by atoms with Crippen LogP contribution in [0.4, 0.5) is 5.69 Å². The minimum absolute atomic E-state index is 0.0562. The zero-order chi connectivity index (χ0) is 13.9. The molecule has 1 saturated heterocycles. The standard InChI is InChI=1S/C15H23N3O/c1-15(2)12-18(10-9-17(15)3)14(19)11-16-13-7-5-4-6-8-13/h4-8,16H,9-12H2,1-3H3. The second-order valence-electron chi connectivity index (χ2n) is 5.77. The monoisotopic (exact) mass is 261 g/mol. The van der Waals surface area contributed by atoms with Crippen molar-refractivity contribution in [3.8, 4) is 0 Å². The Labute approximate surface area is 115 Å². The van der Waals surface area contributed by atoms with Gasteiger partial charge in [0.25, 0.3) is 0 Å². The average Bonchev–Trinajstić information content (AvgIpc) is 2.40. The first-order valence-corrected chi connectivity index (χ1v) is 6.77. The summed E-state index contributed by atoms with van der Waals surface area (Å²) in [6.45, 7) is 7.26. The number of carbonyl (C=O) groups excluding carboxylic acids is 1. The zero-order valence-electron chi connectivity index (χ0n) is 12.0. The number of nitrogens with one attached hydrogen (secondary N) is 1. The number of para-hydroxylation sites is 1. The van der Waals surface area contributed by atoms with Gasteiger partial charge in [-0.3, -0.25) is 9.69 Å². The molecule has 0 saturated carbocycles. The van der Waals surface area contributed by atoms with Gasteiger partial charge in [0, 0.05) is 30.9 Å². The summed E-state index contributed by atoms with van der Waals surface area (Å²) in [4.78, 5) is 16.5. The maximum Gasteiger partial charge on any atom is 0.241 e. The Hall–Kier alpha value is -1.55. The van der Waals surface area contributed by atoms with Gasteiger partial charge in [-0.15, -0.1) is 0 Å². The topological polar surface area (TPSA) is 35.6 Å². The molecule has 0 bridgehead atoms. The van der Waals surface area contributed by atoms with Crippen molar-refractivity contribution in [2.24, 2.45) is 0 Å². The first-order valence-electron chi connectivity index (χ1n) is 6.77. The Bertz CT molecular complexity index is 430. The summed E-state index contributed by atoms with van der Waals surface area (Å²) in [5.41, 5.74) is 1.05. The van der Waals surface area contributed by atoms with Crippen LogP contribution < -0.4 is 5.32 Å². The van der Waals surface area contributed by atoms with E-state index in [1.165, 1.54) is 0 Å². The number of piperazine rings is 1. The fraction of sp³-hybridized carbons (Fsp3) is 0.533. The van der Waals surface area contributed by atoms with E-state index in [1.54, 1.807) is 0 Å². The number of nitrogens with zero attached hydrogens (tertiary/aromatic N) is 2. The molecular formula is C15H23N3O. The van der Waals surface area contributed by atoms with Crippen molar-refractivity contribution < 1.29 is 4.79 Å². The van der Waals surface area contributed by atoms with Gasteiger partial charge in [-0.2, -0.15) is 0 Å². The first kappa shape index (κ1) is 13.9. The maximum absolute atomic E-state index is 12.2. The lowest BCUT2D eigenvalue weighted by Gasteiger charge is -2.45. The molecule has 1 amide bonds. The molecule has 2 rings (SSSR count). The Morgan fingerprint density at radius 2 is 1.95 bits per heavy atom. The molecule has 1 aliphatic rings. The third-order valence-corrected chi connectivity index (χ3v) is 3.89. The fourth-order valence-corrected chi connectivity index (χ4v) is 2.30. The number of hydrogen-bond donors (Lipinski definition) is 1. The van der Waals surface area contributed by atoms with Crippen LogP contribution in [0.2, 0.25) is 0 Å². The maximum atomic E-state index is 12.2. The molecule has 0 atom stereocenters. The second kappa shape index (κ2) is 5.61. The van der Waals surface area contributed by atoms with E-state index in [1.807, 2.05) is 35.2 Å². The SMILES string of the molecule is CN1CCN(C(=O)CNc2ccccc2)CC1(C)C. The Balaban J connectivity index is 1.87. The van der Waals surface area contributed by atoms with E-state index < -0.39 is 0 Å². The van der Waals surface area contributed by atoms with E-state index >= 15 is 0 Å². The molecule has 0 spiro atoms. The van der Waals surface area contributed by atoms with Crippen LogP contribution in [0.1, 0.15) is 13.8 Å². The molecule has 1 N–H and O–H groups in total. The summed E-state index contributed by atoms with van der Waals surface area (Å²) in [6, 6.07) is 9.84. The summed E-state index contributed by atoms with van der Waals surface area (Å²) in [6.07, 6.45) is 0. The van der Waals surface area contributed by atoms with Gasteiger partial charge in [-0.05, 0) is 33.0 Å². The highest BCUT2D eigenvalue weighted by atomic mass is 16.2. The van der Waals surface area contributed by atoms with Gasteiger partial charge >= 0.3 is 0 Å². The third kappa shape index (κ3) is 3.47. The normalized spacial score (nSPS) is 19.2. The lowest BCUT2D eigenvalue weighted by molar-refractivity contribution is -0.133. The van der Waals surface area contributed by atoms with E-state index in [-0.39, 0.29) is 11.4 Å². The highest BCUT2D eigenvalue weighted by Crippen LogP contribution is 2.18. The van der Waals surface area contributed by atoms with Gasteiger partial charge in [-0.25, -0.2) is 0 Å². The van der Waals surface area contributed by atoms with Crippen molar-refractivity contribution in [3.05, 3.63) is 30.3 Å². The predicted molar refractivity (Wildman–Crippen MR) is 78.2 cm³/mol. The molecule has 1 aliphatic heterocycles. The summed E-state index contributed by atoms with van der Waals surface area (Å²) in [7, 11) is 2.12. The molecule has 1 heterocycles. The van der Waals surface area contributed by atoms with Crippen molar-refractivity contribution in [2.45, 2.75) is 19.4 Å². The number of hydrogen-bond acceptors (Lipinski definition) is 3. The molecule has 1 fully saturated rings. The number of benzene rings is 1. The second-order valence-corrected chi connectivity index (χ2v) is 5.77. The van der Waals surface area contributed by atoms with Crippen LogP contribution in [0.5, 0.6) is 0 Å².